The molecule has 0 saturated carbocycles. The van der Waals surface area contributed by atoms with Crippen molar-refractivity contribution in [1.29, 1.82) is 5.26 Å². The normalized spacial score (nSPS) is 11.1. The Hall–Kier alpha value is -4.63. The van der Waals surface area contributed by atoms with Crippen LogP contribution in [0.2, 0.25) is 0 Å². The van der Waals surface area contributed by atoms with Gasteiger partial charge in [0.05, 0.1) is 23.2 Å². The van der Waals surface area contributed by atoms with Crippen LogP contribution >= 0.6 is 0 Å². The maximum absolute atomic E-state index is 10.9. The van der Waals surface area contributed by atoms with Crippen molar-refractivity contribution in [2.75, 3.05) is 6.61 Å². The van der Waals surface area contributed by atoms with E-state index in [4.69, 9.17) is 9.47 Å². The molecule has 0 aliphatic heterocycles. The molecule has 0 atom stereocenters. The van der Waals surface area contributed by atoms with Crippen LogP contribution in [0.4, 0.5) is 5.69 Å². The zero-order valence-corrected chi connectivity index (χ0v) is 18.6. The molecule has 4 aromatic carbocycles. The number of non-ortho nitro benzene ring substituents is 1. The van der Waals surface area contributed by atoms with Crippen molar-refractivity contribution >= 4 is 28.1 Å². The van der Waals surface area contributed by atoms with Crippen LogP contribution in [0.15, 0.2) is 84.9 Å². The van der Waals surface area contributed by atoms with Gasteiger partial charge in [-0.15, -0.1) is 0 Å². The van der Waals surface area contributed by atoms with Gasteiger partial charge in [-0.05, 0) is 64.7 Å². The van der Waals surface area contributed by atoms with Crippen molar-refractivity contribution < 1.29 is 14.4 Å². The number of ether oxygens (including phenoxy) is 2. The van der Waals surface area contributed by atoms with Gasteiger partial charge in [0, 0.05) is 12.1 Å². The van der Waals surface area contributed by atoms with Crippen LogP contribution in [0.1, 0.15) is 23.6 Å². The van der Waals surface area contributed by atoms with Crippen LogP contribution in [0.25, 0.3) is 22.4 Å². The van der Waals surface area contributed by atoms with Crippen molar-refractivity contribution in [2.24, 2.45) is 0 Å². The number of nitrogens with zero attached hydrogens (tertiary/aromatic N) is 2. The van der Waals surface area contributed by atoms with E-state index in [0.717, 1.165) is 21.9 Å². The molecule has 6 nitrogen and oxygen atoms in total. The number of hydrogen-bond acceptors (Lipinski definition) is 5. The van der Waals surface area contributed by atoms with E-state index in [9.17, 15) is 15.4 Å². The third-order valence-corrected chi connectivity index (χ3v) is 5.35. The monoisotopic (exact) mass is 450 g/mol. The van der Waals surface area contributed by atoms with Crippen LogP contribution in [0.3, 0.4) is 0 Å². The summed E-state index contributed by atoms with van der Waals surface area (Å²) in [6, 6.07) is 27.9. The first-order valence-corrected chi connectivity index (χ1v) is 10.8. The van der Waals surface area contributed by atoms with Gasteiger partial charge in [0.25, 0.3) is 5.69 Å². The molecule has 0 N–H and O–H groups in total. The highest BCUT2D eigenvalue weighted by Crippen LogP contribution is 2.32. The minimum absolute atomic E-state index is 0.0210. The lowest BCUT2D eigenvalue weighted by Gasteiger charge is -2.14. The Morgan fingerprint density at radius 2 is 1.74 bits per heavy atom. The Balaban J connectivity index is 1.59. The van der Waals surface area contributed by atoms with Gasteiger partial charge in [0.2, 0.25) is 0 Å². The second-order valence-electron chi connectivity index (χ2n) is 7.54. The Morgan fingerprint density at radius 1 is 0.971 bits per heavy atom. The summed E-state index contributed by atoms with van der Waals surface area (Å²) >= 11 is 0. The van der Waals surface area contributed by atoms with Crippen molar-refractivity contribution in [3.8, 4) is 17.6 Å². The van der Waals surface area contributed by atoms with E-state index in [-0.39, 0.29) is 5.69 Å². The molecular formula is C28H22N2O4. The smallest absolute Gasteiger partial charge is 0.269 e. The molecule has 0 saturated heterocycles. The molecular weight excluding hydrogens is 428 g/mol. The third kappa shape index (κ3) is 5.05. The van der Waals surface area contributed by atoms with Crippen LogP contribution < -0.4 is 9.47 Å². The Labute approximate surface area is 197 Å². The maximum Gasteiger partial charge on any atom is 0.269 e. The number of nitriles is 1. The van der Waals surface area contributed by atoms with Gasteiger partial charge in [0.15, 0.2) is 11.5 Å². The van der Waals surface area contributed by atoms with Gasteiger partial charge in [0.1, 0.15) is 6.61 Å². The summed E-state index contributed by atoms with van der Waals surface area (Å²) in [7, 11) is 0. The Morgan fingerprint density at radius 3 is 2.47 bits per heavy atom. The van der Waals surface area contributed by atoms with Crippen molar-refractivity contribution in [1.82, 2.24) is 0 Å². The van der Waals surface area contributed by atoms with Crippen molar-refractivity contribution in [2.45, 2.75) is 13.5 Å². The number of rotatable bonds is 8. The molecule has 0 aliphatic rings. The lowest BCUT2D eigenvalue weighted by Crippen LogP contribution is -2.00. The highest BCUT2D eigenvalue weighted by atomic mass is 16.6. The van der Waals surface area contributed by atoms with Crippen LogP contribution in [-0.4, -0.2) is 11.5 Å². The lowest BCUT2D eigenvalue weighted by atomic mass is 10.0. The summed E-state index contributed by atoms with van der Waals surface area (Å²) in [5.74, 6) is 1.19. The van der Waals surface area contributed by atoms with Crippen molar-refractivity contribution in [3.63, 3.8) is 0 Å². The minimum Gasteiger partial charge on any atom is -0.490 e. The predicted octanol–water partition coefficient (Wildman–Crippen LogP) is 6.79. The highest BCUT2D eigenvalue weighted by Gasteiger charge is 2.10. The average Bonchev–Trinajstić information content (AvgIpc) is 2.87. The predicted molar refractivity (Wildman–Crippen MR) is 132 cm³/mol. The van der Waals surface area contributed by atoms with Crippen LogP contribution in [0, 0.1) is 21.4 Å². The molecule has 168 valence electrons. The number of fused-ring (bicyclic) bond motifs is 1. The molecule has 0 radical (unpaired) electrons. The molecule has 0 bridgehead atoms. The molecule has 0 fully saturated rings. The first kappa shape index (κ1) is 22.6. The van der Waals surface area contributed by atoms with Gasteiger partial charge < -0.3 is 9.47 Å². The fourth-order valence-corrected chi connectivity index (χ4v) is 3.69. The van der Waals surface area contributed by atoms with Crippen LogP contribution in [0.5, 0.6) is 11.5 Å². The number of allylic oxidation sites excluding steroid dienone is 1. The second-order valence-corrected chi connectivity index (χ2v) is 7.54. The highest BCUT2D eigenvalue weighted by molar-refractivity contribution is 5.90. The molecule has 4 aromatic rings. The molecule has 4 rings (SSSR count). The SMILES string of the molecule is CCOc1cc(/C=C(/C#N)c2ccc([N+](=O)[O-])cc2)ccc1OCc1cccc2ccccc12. The zero-order valence-electron chi connectivity index (χ0n) is 18.6. The molecule has 0 aliphatic carbocycles. The van der Waals surface area contributed by atoms with E-state index in [1.165, 1.54) is 12.1 Å². The second kappa shape index (κ2) is 10.3. The van der Waals surface area contributed by atoms with E-state index in [2.05, 4.69) is 24.3 Å². The summed E-state index contributed by atoms with van der Waals surface area (Å²) < 4.78 is 11.9. The number of nitro groups is 1. The topological polar surface area (TPSA) is 85.4 Å². The molecule has 0 heterocycles. The number of nitro benzene ring substituents is 1. The molecule has 0 unspecified atom stereocenters. The van der Waals surface area contributed by atoms with Gasteiger partial charge in [-0.2, -0.15) is 5.26 Å². The van der Waals surface area contributed by atoms with Gasteiger partial charge in [-0.25, -0.2) is 0 Å². The summed E-state index contributed by atoms with van der Waals surface area (Å²) in [6.45, 7) is 2.75. The van der Waals surface area contributed by atoms with E-state index in [0.29, 0.717) is 35.8 Å². The summed E-state index contributed by atoms with van der Waals surface area (Å²) in [4.78, 5) is 10.4. The molecule has 0 spiro atoms. The third-order valence-electron chi connectivity index (χ3n) is 5.35. The minimum atomic E-state index is -0.467. The summed E-state index contributed by atoms with van der Waals surface area (Å²) in [5.41, 5.74) is 2.81. The molecule has 0 amide bonds. The molecule has 0 aromatic heterocycles. The van der Waals surface area contributed by atoms with E-state index >= 15 is 0 Å². The van der Waals surface area contributed by atoms with E-state index < -0.39 is 4.92 Å². The quantitative estimate of drug-likeness (QED) is 0.128. The van der Waals surface area contributed by atoms with Crippen molar-refractivity contribution in [3.05, 3.63) is 112 Å². The fraction of sp³-hybridized carbons (Fsp3) is 0.107. The lowest BCUT2D eigenvalue weighted by molar-refractivity contribution is -0.384. The van der Waals surface area contributed by atoms with E-state index in [1.54, 1.807) is 18.2 Å². The Kier molecular flexibility index (Phi) is 6.85. The number of hydrogen-bond donors (Lipinski definition) is 0. The Bertz CT molecular complexity index is 1400. The summed E-state index contributed by atoms with van der Waals surface area (Å²) in [5, 5.41) is 22.8. The largest absolute Gasteiger partial charge is 0.490 e. The average molecular weight is 450 g/mol. The van der Waals surface area contributed by atoms with E-state index in [1.807, 2.05) is 49.4 Å². The first-order chi connectivity index (χ1) is 16.6. The molecule has 34 heavy (non-hydrogen) atoms. The van der Waals surface area contributed by atoms with Gasteiger partial charge in [-0.1, -0.05) is 48.5 Å². The first-order valence-electron chi connectivity index (χ1n) is 10.8. The number of benzene rings is 4. The van der Waals surface area contributed by atoms with Crippen LogP contribution in [-0.2, 0) is 6.61 Å². The maximum atomic E-state index is 10.9. The van der Waals surface area contributed by atoms with Gasteiger partial charge >= 0.3 is 0 Å². The summed E-state index contributed by atoms with van der Waals surface area (Å²) in [6.07, 6.45) is 1.72. The fourth-order valence-electron chi connectivity index (χ4n) is 3.69. The standard InChI is InChI=1S/C28H22N2O4/c1-2-33-28-17-20(16-24(18-29)21-11-13-25(14-12-21)30(31)32)10-15-27(28)34-19-23-8-5-7-22-6-3-4-9-26(22)23/h3-17H,2,19H2,1H3/b24-16-. The van der Waals surface area contributed by atoms with Gasteiger partial charge in [-0.3, -0.25) is 10.1 Å². The molecule has 6 heteroatoms. The zero-order chi connectivity index (χ0) is 23.9.